The molecule has 0 aromatic heterocycles. The van der Waals surface area contributed by atoms with Gasteiger partial charge >= 0.3 is 0 Å². The highest BCUT2D eigenvalue weighted by atomic mass is 32.1. The van der Waals surface area contributed by atoms with Gasteiger partial charge in [0.1, 0.15) is 13.1 Å². The highest BCUT2D eigenvalue weighted by Crippen LogP contribution is 2.15. The zero-order valence-electron chi connectivity index (χ0n) is 11.6. The van der Waals surface area contributed by atoms with E-state index in [1.165, 1.54) is 17.0 Å². The van der Waals surface area contributed by atoms with Crippen molar-refractivity contribution in [3.63, 3.8) is 0 Å². The molecule has 1 aliphatic rings. The van der Waals surface area contributed by atoms with Crippen LogP contribution in [0.4, 0.5) is 11.4 Å². The second-order valence-corrected chi connectivity index (χ2v) is 5.21. The molecule has 0 radical (unpaired) electrons. The number of non-ortho nitro benzene ring substituents is 1. The molecule has 3 N–H and O–H groups in total. The summed E-state index contributed by atoms with van der Waals surface area (Å²) in [6.45, 7) is 5.48. The van der Waals surface area contributed by atoms with Crippen LogP contribution >= 0.6 is 12.2 Å². The van der Waals surface area contributed by atoms with Gasteiger partial charge in [0.05, 0.1) is 31.2 Å². The van der Waals surface area contributed by atoms with Gasteiger partial charge in [-0.05, 0) is 24.4 Å². The minimum atomic E-state index is -0.425. The molecule has 0 aliphatic carbocycles. The topological polar surface area (TPSA) is 80.9 Å². The summed E-state index contributed by atoms with van der Waals surface area (Å²) in [7, 11) is 0. The minimum Gasteiger partial charge on any atom is -0.370 e. The first kappa shape index (κ1) is 15.6. The number of benzene rings is 1. The Kier molecular flexibility index (Phi) is 5.85. The van der Waals surface area contributed by atoms with Gasteiger partial charge in [-0.1, -0.05) is 0 Å². The largest absolute Gasteiger partial charge is 0.370 e. The zero-order valence-corrected chi connectivity index (χ0v) is 12.4. The number of nitrogens with one attached hydrogen (secondary N) is 3. The maximum atomic E-state index is 10.6. The van der Waals surface area contributed by atoms with Crippen LogP contribution in [0.25, 0.3) is 0 Å². The van der Waals surface area contributed by atoms with Gasteiger partial charge in [0.25, 0.3) is 5.69 Å². The van der Waals surface area contributed by atoms with Crippen LogP contribution in [0.2, 0.25) is 0 Å². The number of nitro benzene ring substituents is 1. The molecular weight excluding hydrogens is 292 g/mol. The molecule has 2 rings (SSSR count). The molecular formula is C13H19N4O3S+. The Hall–Kier alpha value is -1.77. The van der Waals surface area contributed by atoms with Crippen LogP contribution in [-0.2, 0) is 4.74 Å². The fourth-order valence-corrected chi connectivity index (χ4v) is 2.32. The van der Waals surface area contributed by atoms with Crippen molar-refractivity contribution < 1.29 is 14.6 Å². The first-order valence-corrected chi connectivity index (χ1v) is 7.26. The third-order valence-electron chi connectivity index (χ3n) is 3.30. The van der Waals surface area contributed by atoms with Crippen molar-refractivity contribution in [3.05, 3.63) is 34.4 Å². The lowest BCUT2D eigenvalue weighted by Crippen LogP contribution is -3.14. The number of nitro groups is 1. The molecule has 0 bridgehead atoms. The highest BCUT2D eigenvalue weighted by molar-refractivity contribution is 7.80. The van der Waals surface area contributed by atoms with E-state index in [-0.39, 0.29) is 5.69 Å². The fraction of sp³-hybridized carbons (Fsp3) is 0.462. The maximum absolute atomic E-state index is 10.6. The smallest absolute Gasteiger partial charge is 0.269 e. The van der Waals surface area contributed by atoms with E-state index >= 15 is 0 Å². The number of anilines is 1. The van der Waals surface area contributed by atoms with Crippen molar-refractivity contribution in [2.45, 2.75) is 0 Å². The zero-order chi connectivity index (χ0) is 15.1. The van der Waals surface area contributed by atoms with E-state index in [1.54, 1.807) is 12.1 Å². The Morgan fingerprint density at radius 1 is 1.33 bits per heavy atom. The van der Waals surface area contributed by atoms with Crippen LogP contribution in [0.1, 0.15) is 0 Å². The molecule has 8 heteroatoms. The third-order valence-corrected chi connectivity index (χ3v) is 3.55. The summed E-state index contributed by atoms with van der Waals surface area (Å²) < 4.78 is 5.31. The molecule has 0 unspecified atom stereocenters. The van der Waals surface area contributed by atoms with Gasteiger partial charge in [-0.3, -0.25) is 10.1 Å². The second-order valence-electron chi connectivity index (χ2n) is 4.80. The van der Waals surface area contributed by atoms with Gasteiger partial charge in [0.15, 0.2) is 5.11 Å². The van der Waals surface area contributed by atoms with Gasteiger partial charge in [0.2, 0.25) is 0 Å². The van der Waals surface area contributed by atoms with Gasteiger partial charge in [0, 0.05) is 17.8 Å². The summed E-state index contributed by atoms with van der Waals surface area (Å²) >= 11 is 5.20. The lowest BCUT2D eigenvalue weighted by Gasteiger charge is -2.24. The number of ether oxygens (including phenoxy) is 1. The van der Waals surface area contributed by atoms with Crippen LogP contribution in [0, 0.1) is 10.1 Å². The van der Waals surface area contributed by atoms with Gasteiger partial charge < -0.3 is 20.3 Å². The van der Waals surface area contributed by atoms with E-state index < -0.39 is 4.92 Å². The van der Waals surface area contributed by atoms with Gasteiger partial charge in [-0.2, -0.15) is 0 Å². The first-order valence-electron chi connectivity index (χ1n) is 6.86. The van der Waals surface area contributed by atoms with Crippen LogP contribution in [0.3, 0.4) is 0 Å². The molecule has 1 aromatic carbocycles. The third kappa shape index (κ3) is 5.25. The summed E-state index contributed by atoms with van der Waals surface area (Å²) in [5.41, 5.74) is 0.798. The Morgan fingerprint density at radius 2 is 2.00 bits per heavy atom. The number of quaternary nitrogens is 1. The van der Waals surface area contributed by atoms with Crippen molar-refractivity contribution in [1.29, 1.82) is 0 Å². The lowest BCUT2D eigenvalue weighted by molar-refractivity contribution is -0.906. The average molecular weight is 311 g/mol. The van der Waals surface area contributed by atoms with Crippen molar-refractivity contribution >= 4 is 28.7 Å². The summed E-state index contributed by atoms with van der Waals surface area (Å²) in [4.78, 5) is 11.6. The molecule has 1 aliphatic heterocycles. The number of rotatable bonds is 5. The number of thiocarbonyl (C=S) groups is 1. The van der Waals surface area contributed by atoms with Crippen LogP contribution in [-0.4, -0.2) is 49.4 Å². The van der Waals surface area contributed by atoms with Crippen molar-refractivity contribution in [1.82, 2.24) is 5.32 Å². The Bertz CT molecular complexity index is 489. The predicted octanol–water partition coefficient (Wildman–Crippen LogP) is -0.204. The first-order chi connectivity index (χ1) is 10.1. The van der Waals surface area contributed by atoms with E-state index in [4.69, 9.17) is 17.0 Å². The monoisotopic (exact) mass is 311 g/mol. The molecule has 1 fully saturated rings. The Labute approximate surface area is 128 Å². The predicted molar refractivity (Wildman–Crippen MR) is 83.7 cm³/mol. The van der Waals surface area contributed by atoms with E-state index in [9.17, 15) is 10.1 Å². The molecule has 21 heavy (non-hydrogen) atoms. The van der Waals surface area contributed by atoms with E-state index in [2.05, 4.69) is 10.6 Å². The van der Waals surface area contributed by atoms with E-state index in [0.29, 0.717) is 5.11 Å². The molecule has 1 saturated heterocycles. The number of hydrogen-bond donors (Lipinski definition) is 3. The molecule has 0 saturated carbocycles. The van der Waals surface area contributed by atoms with E-state index in [1.807, 2.05) is 0 Å². The Balaban J connectivity index is 1.70. The summed E-state index contributed by atoms with van der Waals surface area (Å²) in [6, 6.07) is 6.17. The molecule has 1 aromatic rings. The van der Waals surface area contributed by atoms with Crippen LogP contribution in [0.5, 0.6) is 0 Å². The van der Waals surface area contributed by atoms with Crippen molar-refractivity contribution in [2.24, 2.45) is 0 Å². The van der Waals surface area contributed by atoms with Crippen LogP contribution < -0.4 is 15.5 Å². The molecule has 0 amide bonds. The number of morpholine rings is 1. The summed E-state index contributed by atoms with van der Waals surface area (Å²) in [5.74, 6) is 0. The molecule has 114 valence electrons. The average Bonchev–Trinajstić information content (AvgIpc) is 2.49. The lowest BCUT2D eigenvalue weighted by atomic mass is 10.3. The molecule has 7 nitrogen and oxygen atoms in total. The van der Waals surface area contributed by atoms with E-state index in [0.717, 1.165) is 45.1 Å². The van der Waals surface area contributed by atoms with Gasteiger partial charge in [-0.25, -0.2) is 0 Å². The SMILES string of the molecule is O=[N+]([O-])c1ccc(NC(=S)NCC[NH+]2CCOCC2)cc1. The molecule has 0 atom stereocenters. The normalized spacial score (nSPS) is 15.4. The molecule has 1 heterocycles. The quantitative estimate of drug-likeness (QED) is 0.397. The maximum Gasteiger partial charge on any atom is 0.269 e. The second kappa shape index (κ2) is 7.87. The number of nitrogens with zero attached hydrogens (tertiary/aromatic N) is 1. The number of hydrogen-bond acceptors (Lipinski definition) is 4. The summed E-state index contributed by atoms with van der Waals surface area (Å²) in [5, 5.41) is 17.2. The molecule has 0 spiro atoms. The van der Waals surface area contributed by atoms with Crippen molar-refractivity contribution in [2.75, 3.05) is 44.7 Å². The summed E-state index contributed by atoms with van der Waals surface area (Å²) in [6.07, 6.45) is 0. The van der Waals surface area contributed by atoms with Crippen molar-refractivity contribution in [3.8, 4) is 0 Å². The van der Waals surface area contributed by atoms with Gasteiger partial charge in [-0.15, -0.1) is 0 Å². The Morgan fingerprint density at radius 3 is 2.62 bits per heavy atom. The van der Waals surface area contributed by atoms with Crippen LogP contribution in [0.15, 0.2) is 24.3 Å². The highest BCUT2D eigenvalue weighted by Gasteiger charge is 2.13. The minimum absolute atomic E-state index is 0.0651. The standard InChI is InChI=1S/C13H18N4O3S/c18-17(19)12-3-1-11(2-4-12)15-13(21)14-5-6-16-7-9-20-10-8-16/h1-4H,5-10H2,(H2,14,15,21)/p+1. The fourth-order valence-electron chi connectivity index (χ4n) is 2.10.